The molecule has 9 nitrogen and oxygen atoms in total. The summed E-state index contributed by atoms with van der Waals surface area (Å²) in [7, 11) is 0. The lowest BCUT2D eigenvalue weighted by molar-refractivity contribution is -0.140. The zero-order valence-corrected chi connectivity index (χ0v) is 23.8. The van der Waals surface area contributed by atoms with Gasteiger partial charge in [-0.2, -0.15) is 0 Å². The van der Waals surface area contributed by atoms with Gasteiger partial charge < -0.3 is 29.3 Å². The third-order valence-electron chi connectivity index (χ3n) is 7.14. The number of aryl methyl sites for hydroxylation is 1. The van der Waals surface area contributed by atoms with Crippen LogP contribution >= 0.6 is 0 Å². The van der Waals surface area contributed by atoms with E-state index in [1.807, 2.05) is 6.92 Å². The molecule has 0 saturated carbocycles. The number of aromatic hydroxyl groups is 1. The lowest BCUT2D eigenvalue weighted by Gasteiger charge is -2.29. The summed E-state index contributed by atoms with van der Waals surface area (Å²) in [6, 6.07) is 9.17. The number of hydrogen-bond donors (Lipinski definition) is 2. The van der Waals surface area contributed by atoms with Crippen LogP contribution in [0.3, 0.4) is 0 Å². The minimum Gasteiger partial charge on any atom is -0.507 e. The summed E-state index contributed by atoms with van der Waals surface area (Å²) >= 11 is 0. The fourth-order valence-electron chi connectivity index (χ4n) is 5.09. The minimum atomic E-state index is -0.832. The highest BCUT2D eigenvalue weighted by atomic mass is 16.5. The number of benzene rings is 2. The number of amides is 1. The van der Waals surface area contributed by atoms with E-state index in [0.717, 1.165) is 25.2 Å². The van der Waals surface area contributed by atoms with Gasteiger partial charge >= 0.3 is 0 Å². The standard InChI is InChI=1S/C31H40N2O7/c1-5-39-26-18-22(7-9-24(26)34)28-27(29(35)23-8-10-25(21(4)17-23)40-19-20(2)3)30(36)31(37)33(28)12-6-11-32-13-15-38-16-14-32/h7-10,17-18,20,28,34-35H,5-6,11-16,19H2,1-4H3/b29-27-. The summed E-state index contributed by atoms with van der Waals surface area (Å²) in [5.41, 5.74) is 1.82. The van der Waals surface area contributed by atoms with Gasteiger partial charge in [-0.15, -0.1) is 0 Å². The summed E-state index contributed by atoms with van der Waals surface area (Å²) < 4.78 is 16.9. The third-order valence-corrected chi connectivity index (χ3v) is 7.14. The molecule has 216 valence electrons. The van der Waals surface area contributed by atoms with Crippen LogP contribution in [0.2, 0.25) is 0 Å². The molecule has 0 aromatic heterocycles. The van der Waals surface area contributed by atoms with Crippen molar-refractivity contribution in [2.24, 2.45) is 5.92 Å². The van der Waals surface area contributed by atoms with Gasteiger partial charge in [0.25, 0.3) is 11.7 Å². The first-order valence-corrected chi connectivity index (χ1v) is 14.0. The molecule has 1 amide bonds. The second-order valence-corrected chi connectivity index (χ2v) is 10.6. The molecule has 9 heteroatoms. The molecule has 1 unspecified atom stereocenters. The Morgan fingerprint density at radius 1 is 1.05 bits per heavy atom. The smallest absolute Gasteiger partial charge is 0.295 e. The number of carbonyl (C=O) groups is 2. The summed E-state index contributed by atoms with van der Waals surface area (Å²) in [5, 5.41) is 21.8. The average molecular weight is 553 g/mol. The molecule has 2 aromatic carbocycles. The van der Waals surface area contributed by atoms with Gasteiger partial charge in [-0.25, -0.2) is 0 Å². The van der Waals surface area contributed by atoms with Crippen molar-refractivity contribution < 1.29 is 34.0 Å². The molecule has 0 radical (unpaired) electrons. The van der Waals surface area contributed by atoms with Crippen LogP contribution in [0.1, 0.15) is 49.9 Å². The molecular weight excluding hydrogens is 512 g/mol. The van der Waals surface area contributed by atoms with Gasteiger partial charge in [-0.3, -0.25) is 14.5 Å². The predicted molar refractivity (Wildman–Crippen MR) is 152 cm³/mol. The van der Waals surface area contributed by atoms with Gasteiger partial charge in [0.1, 0.15) is 11.5 Å². The SMILES string of the molecule is CCOc1cc(C2/C(=C(/O)c3ccc(OCC(C)C)c(C)c3)C(=O)C(=O)N2CCCN2CCOCC2)ccc1O. The molecule has 2 heterocycles. The van der Waals surface area contributed by atoms with E-state index in [1.165, 1.54) is 11.0 Å². The molecule has 2 fully saturated rings. The number of rotatable bonds is 11. The Labute approximate surface area is 235 Å². The van der Waals surface area contributed by atoms with E-state index < -0.39 is 17.7 Å². The van der Waals surface area contributed by atoms with Crippen molar-refractivity contribution in [1.82, 2.24) is 9.80 Å². The quantitative estimate of drug-likeness (QED) is 0.242. The first kappa shape index (κ1) is 29.4. The maximum absolute atomic E-state index is 13.4. The molecule has 2 saturated heterocycles. The Morgan fingerprint density at radius 3 is 2.48 bits per heavy atom. The number of ether oxygens (including phenoxy) is 3. The number of Topliss-reactive ketones (excluding diaryl/α,β-unsaturated/α-hetero) is 1. The van der Waals surface area contributed by atoms with Crippen LogP contribution in [0.5, 0.6) is 17.2 Å². The number of aliphatic hydroxyl groups is 1. The molecule has 2 aromatic rings. The maximum atomic E-state index is 13.4. The summed E-state index contributed by atoms with van der Waals surface area (Å²) in [5.74, 6) is -0.373. The van der Waals surface area contributed by atoms with Crippen molar-refractivity contribution in [2.75, 3.05) is 52.6 Å². The first-order chi connectivity index (χ1) is 19.2. The number of hydrogen-bond acceptors (Lipinski definition) is 8. The zero-order valence-electron chi connectivity index (χ0n) is 23.8. The van der Waals surface area contributed by atoms with E-state index in [1.54, 1.807) is 37.3 Å². The predicted octanol–water partition coefficient (Wildman–Crippen LogP) is 4.28. The number of nitrogens with zero attached hydrogens (tertiary/aromatic N) is 2. The van der Waals surface area contributed by atoms with Crippen molar-refractivity contribution in [3.8, 4) is 17.2 Å². The van der Waals surface area contributed by atoms with E-state index >= 15 is 0 Å². The number of phenolic OH excluding ortho intramolecular Hbond substituents is 1. The van der Waals surface area contributed by atoms with Gasteiger partial charge in [-0.1, -0.05) is 19.9 Å². The van der Waals surface area contributed by atoms with E-state index in [2.05, 4.69) is 18.7 Å². The van der Waals surface area contributed by atoms with Crippen molar-refractivity contribution in [3.63, 3.8) is 0 Å². The second-order valence-electron chi connectivity index (χ2n) is 10.6. The molecule has 1 atom stereocenters. The molecule has 2 aliphatic heterocycles. The number of ketones is 1. The van der Waals surface area contributed by atoms with E-state index in [0.29, 0.717) is 62.2 Å². The van der Waals surface area contributed by atoms with Crippen LogP contribution in [0.4, 0.5) is 0 Å². The maximum Gasteiger partial charge on any atom is 0.295 e. The highest BCUT2D eigenvalue weighted by Crippen LogP contribution is 2.42. The van der Waals surface area contributed by atoms with Gasteiger partial charge in [0.15, 0.2) is 11.5 Å². The summed E-state index contributed by atoms with van der Waals surface area (Å²) in [6.07, 6.45) is 0.654. The number of phenols is 1. The topological polar surface area (TPSA) is 109 Å². The summed E-state index contributed by atoms with van der Waals surface area (Å²) in [4.78, 5) is 30.6. The number of morpholine rings is 1. The van der Waals surface area contributed by atoms with E-state index in [-0.39, 0.29) is 22.8 Å². The van der Waals surface area contributed by atoms with E-state index in [4.69, 9.17) is 14.2 Å². The van der Waals surface area contributed by atoms with Crippen molar-refractivity contribution in [1.29, 1.82) is 0 Å². The second kappa shape index (κ2) is 13.2. The fraction of sp³-hybridized carbons (Fsp3) is 0.484. The van der Waals surface area contributed by atoms with Gasteiger partial charge in [0.05, 0.1) is 38.0 Å². The Morgan fingerprint density at radius 2 is 1.80 bits per heavy atom. The highest BCUT2D eigenvalue weighted by Gasteiger charge is 2.46. The van der Waals surface area contributed by atoms with Crippen LogP contribution < -0.4 is 9.47 Å². The molecule has 0 spiro atoms. The monoisotopic (exact) mass is 552 g/mol. The van der Waals surface area contributed by atoms with Crippen LogP contribution in [0.25, 0.3) is 5.76 Å². The molecule has 2 N–H and O–H groups in total. The lowest BCUT2D eigenvalue weighted by atomic mass is 9.94. The molecule has 4 rings (SSSR count). The van der Waals surface area contributed by atoms with Crippen molar-refractivity contribution in [2.45, 2.75) is 40.2 Å². The molecule has 2 aliphatic rings. The fourth-order valence-corrected chi connectivity index (χ4v) is 5.09. The molecule has 0 bridgehead atoms. The Balaban J connectivity index is 1.70. The Hall–Kier alpha value is -3.56. The van der Waals surface area contributed by atoms with Gasteiger partial charge in [-0.05, 0) is 67.6 Å². The summed E-state index contributed by atoms with van der Waals surface area (Å²) in [6.45, 7) is 12.8. The van der Waals surface area contributed by atoms with Crippen LogP contribution in [0.15, 0.2) is 42.0 Å². The normalized spacial score (nSPS) is 19.4. The largest absolute Gasteiger partial charge is 0.507 e. The van der Waals surface area contributed by atoms with Crippen LogP contribution in [-0.2, 0) is 14.3 Å². The minimum absolute atomic E-state index is 0.0137. The lowest BCUT2D eigenvalue weighted by Crippen LogP contribution is -2.38. The number of aliphatic hydroxyl groups excluding tert-OH is 1. The third kappa shape index (κ3) is 6.59. The molecule has 0 aliphatic carbocycles. The molecular formula is C31H40N2O7. The van der Waals surface area contributed by atoms with E-state index in [9.17, 15) is 19.8 Å². The Bertz CT molecular complexity index is 1250. The van der Waals surface area contributed by atoms with Crippen LogP contribution in [0, 0.1) is 12.8 Å². The zero-order chi connectivity index (χ0) is 28.8. The Kier molecular flexibility index (Phi) is 9.71. The van der Waals surface area contributed by atoms with Gasteiger partial charge in [0.2, 0.25) is 0 Å². The van der Waals surface area contributed by atoms with Crippen LogP contribution in [-0.4, -0.2) is 84.3 Å². The van der Waals surface area contributed by atoms with Gasteiger partial charge in [0, 0.05) is 31.7 Å². The average Bonchev–Trinajstić information content (AvgIpc) is 3.19. The first-order valence-electron chi connectivity index (χ1n) is 14.0. The highest BCUT2D eigenvalue weighted by molar-refractivity contribution is 6.46. The number of likely N-dealkylation sites (tertiary alicyclic amines) is 1. The molecule has 40 heavy (non-hydrogen) atoms. The number of carbonyl (C=O) groups excluding carboxylic acids is 2. The van der Waals surface area contributed by atoms with Crippen molar-refractivity contribution in [3.05, 3.63) is 58.7 Å². The van der Waals surface area contributed by atoms with Crippen molar-refractivity contribution >= 4 is 17.4 Å².